The SMILES string of the molecule is COC(=O)/C=C/c1c(C=O)ccc2c1OCO2. The van der Waals surface area contributed by atoms with Crippen molar-refractivity contribution < 1.29 is 23.8 Å². The maximum absolute atomic E-state index is 11.0. The molecule has 1 aliphatic heterocycles. The van der Waals surface area contributed by atoms with E-state index in [4.69, 9.17) is 9.47 Å². The van der Waals surface area contributed by atoms with E-state index in [-0.39, 0.29) is 6.79 Å². The molecule has 1 heterocycles. The van der Waals surface area contributed by atoms with Gasteiger partial charge >= 0.3 is 5.97 Å². The molecule has 0 saturated carbocycles. The number of methoxy groups -OCH3 is 1. The number of rotatable bonds is 3. The van der Waals surface area contributed by atoms with Crippen LogP contribution in [0.5, 0.6) is 11.5 Å². The number of esters is 1. The van der Waals surface area contributed by atoms with Gasteiger partial charge in [0.25, 0.3) is 0 Å². The minimum absolute atomic E-state index is 0.108. The molecule has 0 bridgehead atoms. The molecule has 0 amide bonds. The van der Waals surface area contributed by atoms with E-state index in [0.717, 1.165) is 0 Å². The van der Waals surface area contributed by atoms with Gasteiger partial charge in [0, 0.05) is 17.2 Å². The molecule has 0 saturated heterocycles. The summed E-state index contributed by atoms with van der Waals surface area (Å²) in [7, 11) is 1.28. The van der Waals surface area contributed by atoms with Crippen LogP contribution in [0.2, 0.25) is 0 Å². The van der Waals surface area contributed by atoms with Gasteiger partial charge in [-0.2, -0.15) is 0 Å². The number of fused-ring (bicyclic) bond motifs is 1. The Labute approximate surface area is 97.6 Å². The Kier molecular flexibility index (Phi) is 3.09. The van der Waals surface area contributed by atoms with E-state index in [1.165, 1.54) is 19.3 Å². The molecule has 1 aromatic carbocycles. The summed E-state index contributed by atoms with van der Waals surface area (Å²) >= 11 is 0. The molecule has 17 heavy (non-hydrogen) atoms. The van der Waals surface area contributed by atoms with Gasteiger partial charge in [-0.15, -0.1) is 0 Å². The molecule has 88 valence electrons. The van der Waals surface area contributed by atoms with Crippen LogP contribution in [0.15, 0.2) is 18.2 Å². The summed E-state index contributed by atoms with van der Waals surface area (Å²) in [4.78, 5) is 21.9. The maximum Gasteiger partial charge on any atom is 0.330 e. The van der Waals surface area contributed by atoms with Gasteiger partial charge in [-0.05, 0) is 18.2 Å². The fourth-order valence-corrected chi connectivity index (χ4v) is 1.50. The highest BCUT2D eigenvalue weighted by Crippen LogP contribution is 2.37. The van der Waals surface area contributed by atoms with Crippen LogP contribution in [-0.4, -0.2) is 26.2 Å². The third kappa shape index (κ3) is 2.13. The zero-order chi connectivity index (χ0) is 12.3. The average molecular weight is 234 g/mol. The first kappa shape index (κ1) is 11.2. The van der Waals surface area contributed by atoms with Crippen molar-refractivity contribution in [1.82, 2.24) is 0 Å². The molecule has 0 aromatic heterocycles. The summed E-state index contributed by atoms with van der Waals surface area (Å²) in [5.74, 6) is 0.522. The average Bonchev–Trinajstić information content (AvgIpc) is 2.83. The largest absolute Gasteiger partial charge is 0.466 e. The van der Waals surface area contributed by atoms with Gasteiger partial charge in [0.15, 0.2) is 17.8 Å². The molecule has 0 aliphatic carbocycles. The molecule has 1 aliphatic rings. The van der Waals surface area contributed by atoms with Crippen LogP contribution >= 0.6 is 0 Å². The second-order valence-electron chi connectivity index (χ2n) is 3.28. The Morgan fingerprint density at radius 2 is 2.24 bits per heavy atom. The van der Waals surface area contributed by atoms with Gasteiger partial charge in [0.2, 0.25) is 6.79 Å². The Morgan fingerprint density at radius 3 is 2.94 bits per heavy atom. The fourth-order valence-electron chi connectivity index (χ4n) is 1.50. The lowest BCUT2D eigenvalue weighted by Gasteiger charge is -2.03. The Bertz CT molecular complexity index is 490. The van der Waals surface area contributed by atoms with Gasteiger partial charge in [0.05, 0.1) is 7.11 Å². The molecule has 0 unspecified atom stereocenters. The molecule has 2 rings (SSSR count). The number of benzene rings is 1. The Morgan fingerprint density at radius 1 is 1.41 bits per heavy atom. The first-order chi connectivity index (χ1) is 8.26. The van der Waals surface area contributed by atoms with Crippen molar-refractivity contribution in [2.45, 2.75) is 0 Å². The summed E-state index contributed by atoms with van der Waals surface area (Å²) in [6.45, 7) is 0.108. The van der Waals surface area contributed by atoms with E-state index in [1.54, 1.807) is 12.1 Å². The van der Waals surface area contributed by atoms with Gasteiger partial charge in [-0.25, -0.2) is 4.79 Å². The monoisotopic (exact) mass is 234 g/mol. The zero-order valence-corrected chi connectivity index (χ0v) is 9.14. The number of carbonyl (C=O) groups excluding carboxylic acids is 2. The van der Waals surface area contributed by atoms with Crippen LogP contribution in [0.1, 0.15) is 15.9 Å². The van der Waals surface area contributed by atoms with Crippen LogP contribution in [-0.2, 0) is 9.53 Å². The standard InChI is InChI=1S/C12H10O5/c1-15-11(14)5-3-9-8(6-13)2-4-10-12(9)17-7-16-10/h2-6H,7H2,1H3/b5-3+. The van der Waals surface area contributed by atoms with Crippen molar-refractivity contribution >= 4 is 18.3 Å². The van der Waals surface area contributed by atoms with E-state index in [1.807, 2.05) is 0 Å². The van der Waals surface area contributed by atoms with Gasteiger partial charge < -0.3 is 14.2 Å². The molecule has 1 aromatic rings. The number of ether oxygens (including phenoxy) is 3. The summed E-state index contributed by atoms with van der Waals surface area (Å²) in [6.07, 6.45) is 3.40. The topological polar surface area (TPSA) is 61.8 Å². The van der Waals surface area contributed by atoms with Crippen molar-refractivity contribution in [3.05, 3.63) is 29.3 Å². The second-order valence-corrected chi connectivity index (χ2v) is 3.28. The normalized spacial score (nSPS) is 12.8. The number of hydrogen-bond acceptors (Lipinski definition) is 5. The highest BCUT2D eigenvalue weighted by atomic mass is 16.7. The van der Waals surface area contributed by atoms with Crippen molar-refractivity contribution in [3.8, 4) is 11.5 Å². The number of aldehydes is 1. The smallest absolute Gasteiger partial charge is 0.330 e. The molecule has 5 nitrogen and oxygen atoms in total. The first-order valence-electron chi connectivity index (χ1n) is 4.90. The van der Waals surface area contributed by atoms with Crippen LogP contribution in [0.25, 0.3) is 6.08 Å². The highest BCUT2D eigenvalue weighted by molar-refractivity contribution is 5.92. The molecule has 0 spiro atoms. The minimum atomic E-state index is -0.502. The molecule has 0 fully saturated rings. The predicted molar refractivity (Wildman–Crippen MR) is 59.0 cm³/mol. The Balaban J connectivity index is 2.43. The second kappa shape index (κ2) is 4.69. The van der Waals surface area contributed by atoms with Crippen LogP contribution in [0.4, 0.5) is 0 Å². The van der Waals surface area contributed by atoms with Gasteiger partial charge in [0.1, 0.15) is 0 Å². The summed E-state index contributed by atoms with van der Waals surface area (Å²) in [5.41, 5.74) is 0.940. The lowest BCUT2D eigenvalue weighted by atomic mass is 10.1. The van der Waals surface area contributed by atoms with Crippen molar-refractivity contribution in [2.75, 3.05) is 13.9 Å². The summed E-state index contributed by atoms with van der Waals surface area (Å²) in [5, 5.41) is 0. The summed E-state index contributed by atoms with van der Waals surface area (Å²) < 4.78 is 14.9. The molecule has 5 heteroatoms. The van der Waals surface area contributed by atoms with Crippen LogP contribution in [0, 0.1) is 0 Å². The Hall–Kier alpha value is -2.30. The van der Waals surface area contributed by atoms with Crippen molar-refractivity contribution in [3.63, 3.8) is 0 Å². The fraction of sp³-hybridized carbons (Fsp3) is 0.167. The number of carbonyl (C=O) groups is 2. The van der Waals surface area contributed by atoms with Crippen molar-refractivity contribution in [1.29, 1.82) is 0 Å². The molecule has 0 radical (unpaired) electrons. The summed E-state index contributed by atoms with van der Waals surface area (Å²) in [6, 6.07) is 3.26. The molecular weight excluding hydrogens is 224 g/mol. The quantitative estimate of drug-likeness (QED) is 0.449. The third-order valence-electron chi connectivity index (χ3n) is 2.33. The lowest BCUT2D eigenvalue weighted by molar-refractivity contribution is -0.134. The van der Waals surface area contributed by atoms with Crippen molar-refractivity contribution in [2.24, 2.45) is 0 Å². The van der Waals surface area contributed by atoms with Gasteiger partial charge in [-0.1, -0.05) is 0 Å². The maximum atomic E-state index is 11.0. The van der Waals surface area contributed by atoms with E-state index in [0.29, 0.717) is 28.9 Å². The molecule has 0 N–H and O–H groups in total. The lowest BCUT2D eigenvalue weighted by Crippen LogP contribution is -1.96. The predicted octanol–water partition coefficient (Wildman–Crippen LogP) is 1.41. The zero-order valence-electron chi connectivity index (χ0n) is 9.14. The number of hydrogen-bond donors (Lipinski definition) is 0. The molecule has 0 atom stereocenters. The van der Waals surface area contributed by atoms with E-state index in [2.05, 4.69) is 4.74 Å². The minimum Gasteiger partial charge on any atom is -0.466 e. The van der Waals surface area contributed by atoms with Gasteiger partial charge in [-0.3, -0.25) is 4.79 Å². The highest BCUT2D eigenvalue weighted by Gasteiger charge is 2.19. The molecular formula is C12H10O5. The van der Waals surface area contributed by atoms with E-state index in [9.17, 15) is 9.59 Å². The van der Waals surface area contributed by atoms with E-state index >= 15 is 0 Å². The third-order valence-corrected chi connectivity index (χ3v) is 2.33. The van der Waals surface area contributed by atoms with Crippen LogP contribution < -0.4 is 9.47 Å². The first-order valence-corrected chi connectivity index (χ1v) is 4.90. The van der Waals surface area contributed by atoms with E-state index < -0.39 is 5.97 Å². The van der Waals surface area contributed by atoms with Crippen LogP contribution in [0.3, 0.4) is 0 Å².